The molecular weight excluding hydrogens is 240 g/mol. The SMILES string of the molecule is CN([O-])c1nc(N(C)[O-])nc(N2CCOCC2)n1. The molecular formula is C9H14N6O3-2. The lowest BCUT2D eigenvalue weighted by Crippen LogP contribution is -2.38. The quantitative estimate of drug-likeness (QED) is 0.665. The minimum atomic E-state index is -0.0795. The molecule has 0 radical (unpaired) electrons. The minimum Gasteiger partial charge on any atom is -0.756 e. The van der Waals surface area contributed by atoms with Crippen molar-refractivity contribution in [3.8, 4) is 0 Å². The zero-order chi connectivity index (χ0) is 13.1. The molecule has 0 amide bonds. The highest BCUT2D eigenvalue weighted by Crippen LogP contribution is 2.17. The molecule has 100 valence electrons. The van der Waals surface area contributed by atoms with Crippen LogP contribution in [0.4, 0.5) is 17.8 Å². The van der Waals surface area contributed by atoms with E-state index >= 15 is 0 Å². The van der Waals surface area contributed by atoms with E-state index in [2.05, 4.69) is 15.0 Å². The summed E-state index contributed by atoms with van der Waals surface area (Å²) in [6.45, 7) is 2.37. The number of morpholine rings is 1. The van der Waals surface area contributed by atoms with Gasteiger partial charge in [-0.25, -0.2) is 0 Å². The van der Waals surface area contributed by atoms with Crippen LogP contribution >= 0.6 is 0 Å². The van der Waals surface area contributed by atoms with Gasteiger partial charge in [-0.15, -0.1) is 0 Å². The van der Waals surface area contributed by atoms with E-state index in [1.54, 1.807) is 0 Å². The molecule has 1 aliphatic heterocycles. The van der Waals surface area contributed by atoms with Crippen LogP contribution in [0, 0.1) is 10.4 Å². The van der Waals surface area contributed by atoms with Gasteiger partial charge in [0, 0.05) is 13.1 Å². The van der Waals surface area contributed by atoms with Gasteiger partial charge in [0.2, 0.25) is 17.8 Å². The molecule has 18 heavy (non-hydrogen) atoms. The summed E-state index contributed by atoms with van der Waals surface area (Å²) in [6.07, 6.45) is 0. The monoisotopic (exact) mass is 254 g/mol. The Kier molecular flexibility index (Phi) is 3.75. The van der Waals surface area contributed by atoms with E-state index in [0.29, 0.717) is 42.4 Å². The van der Waals surface area contributed by atoms with Crippen LogP contribution < -0.4 is 15.0 Å². The van der Waals surface area contributed by atoms with Crippen molar-refractivity contribution in [1.82, 2.24) is 15.0 Å². The van der Waals surface area contributed by atoms with Crippen LogP contribution in [0.1, 0.15) is 0 Å². The van der Waals surface area contributed by atoms with Crippen molar-refractivity contribution in [3.05, 3.63) is 10.4 Å². The molecule has 9 nitrogen and oxygen atoms in total. The number of hydrogen-bond donors (Lipinski definition) is 0. The summed E-state index contributed by atoms with van der Waals surface area (Å²) in [5, 5.41) is 23.5. The number of rotatable bonds is 3. The summed E-state index contributed by atoms with van der Waals surface area (Å²) in [5.41, 5.74) is 0. The molecule has 9 heteroatoms. The smallest absolute Gasteiger partial charge is 0.232 e. The number of aromatic nitrogens is 3. The Labute approximate surface area is 104 Å². The van der Waals surface area contributed by atoms with Crippen molar-refractivity contribution in [2.24, 2.45) is 0 Å². The van der Waals surface area contributed by atoms with Crippen LogP contribution in [0.2, 0.25) is 0 Å². The maximum Gasteiger partial charge on any atom is 0.232 e. The Bertz CT molecular complexity index is 381. The van der Waals surface area contributed by atoms with Gasteiger partial charge in [-0.2, -0.15) is 15.0 Å². The maximum absolute atomic E-state index is 11.3. The maximum atomic E-state index is 11.3. The fourth-order valence-corrected chi connectivity index (χ4v) is 1.53. The van der Waals surface area contributed by atoms with E-state index in [1.807, 2.05) is 4.90 Å². The lowest BCUT2D eigenvalue weighted by Gasteiger charge is -2.31. The summed E-state index contributed by atoms with van der Waals surface area (Å²) >= 11 is 0. The van der Waals surface area contributed by atoms with Crippen LogP contribution in [-0.2, 0) is 4.74 Å². The molecule has 0 N–H and O–H groups in total. The Morgan fingerprint density at radius 1 is 1.00 bits per heavy atom. The van der Waals surface area contributed by atoms with Gasteiger partial charge < -0.3 is 30.2 Å². The van der Waals surface area contributed by atoms with E-state index in [1.165, 1.54) is 14.1 Å². The van der Waals surface area contributed by atoms with Gasteiger partial charge in [0.1, 0.15) is 0 Å². The molecule has 1 aromatic rings. The number of nitrogens with zero attached hydrogens (tertiary/aromatic N) is 6. The zero-order valence-corrected chi connectivity index (χ0v) is 10.2. The van der Waals surface area contributed by atoms with Gasteiger partial charge in [-0.3, -0.25) is 0 Å². The predicted molar refractivity (Wildman–Crippen MR) is 66.4 cm³/mol. The third-order valence-corrected chi connectivity index (χ3v) is 2.46. The van der Waals surface area contributed by atoms with E-state index in [-0.39, 0.29) is 11.9 Å². The molecule has 2 rings (SSSR count). The molecule has 0 unspecified atom stereocenters. The van der Waals surface area contributed by atoms with Crippen molar-refractivity contribution in [3.63, 3.8) is 0 Å². The average Bonchev–Trinajstić information content (AvgIpc) is 2.39. The second kappa shape index (κ2) is 5.29. The fourth-order valence-electron chi connectivity index (χ4n) is 1.53. The van der Waals surface area contributed by atoms with Crippen LogP contribution in [0.3, 0.4) is 0 Å². The second-order valence-electron chi connectivity index (χ2n) is 3.83. The standard InChI is InChI=1S/C9H14N6O3/c1-13(16)7-10-8(14(2)17)12-9(11-7)15-3-5-18-6-4-15/h3-6H2,1-2H3/q-2. The van der Waals surface area contributed by atoms with Crippen LogP contribution in [0.5, 0.6) is 0 Å². The van der Waals surface area contributed by atoms with Crippen molar-refractivity contribution in [1.29, 1.82) is 0 Å². The highest BCUT2D eigenvalue weighted by molar-refractivity contribution is 5.46. The predicted octanol–water partition coefficient (Wildman–Crippen LogP) is -0.424. The topological polar surface area (TPSA) is 104 Å². The van der Waals surface area contributed by atoms with Crippen LogP contribution in [-0.4, -0.2) is 55.4 Å². The normalized spacial score (nSPS) is 15.7. The van der Waals surface area contributed by atoms with Gasteiger partial charge >= 0.3 is 0 Å². The summed E-state index contributed by atoms with van der Waals surface area (Å²) in [4.78, 5) is 13.7. The molecule has 2 heterocycles. The number of hydrogen-bond acceptors (Lipinski definition) is 9. The van der Waals surface area contributed by atoms with Crippen molar-refractivity contribution in [2.75, 3.05) is 55.4 Å². The van der Waals surface area contributed by atoms with Crippen LogP contribution in [0.25, 0.3) is 0 Å². The molecule has 1 saturated heterocycles. The molecule has 1 aromatic heterocycles. The van der Waals surface area contributed by atoms with Crippen molar-refractivity contribution < 1.29 is 4.74 Å². The van der Waals surface area contributed by atoms with Gasteiger partial charge in [0.05, 0.1) is 13.2 Å². The van der Waals surface area contributed by atoms with E-state index < -0.39 is 0 Å². The first kappa shape index (κ1) is 12.7. The zero-order valence-electron chi connectivity index (χ0n) is 10.2. The first-order valence-corrected chi connectivity index (χ1v) is 5.48. The molecule has 0 saturated carbocycles. The average molecular weight is 254 g/mol. The third-order valence-electron chi connectivity index (χ3n) is 2.46. The van der Waals surface area contributed by atoms with Crippen LogP contribution in [0.15, 0.2) is 0 Å². The van der Waals surface area contributed by atoms with E-state index in [4.69, 9.17) is 4.74 Å². The Morgan fingerprint density at radius 3 is 1.94 bits per heavy atom. The van der Waals surface area contributed by atoms with Gasteiger partial charge in [0.15, 0.2) is 0 Å². The molecule has 0 atom stereocenters. The number of anilines is 3. The Balaban J connectivity index is 2.32. The number of hydroxylamine groups is 2. The molecule has 1 fully saturated rings. The third kappa shape index (κ3) is 2.75. The van der Waals surface area contributed by atoms with Crippen molar-refractivity contribution in [2.45, 2.75) is 0 Å². The Hall–Kier alpha value is -1.71. The highest BCUT2D eigenvalue weighted by atomic mass is 16.5. The summed E-state index contributed by atoms with van der Waals surface area (Å²) in [7, 11) is 2.54. The summed E-state index contributed by atoms with van der Waals surface area (Å²) in [6, 6.07) is 0. The lowest BCUT2D eigenvalue weighted by molar-refractivity contribution is 0.122. The van der Waals surface area contributed by atoms with Gasteiger partial charge in [-0.05, 0) is 14.1 Å². The molecule has 1 aliphatic rings. The molecule has 0 aliphatic carbocycles. The summed E-state index contributed by atoms with van der Waals surface area (Å²) < 4.78 is 5.22. The number of ether oxygens (including phenoxy) is 1. The van der Waals surface area contributed by atoms with Crippen molar-refractivity contribution >= 4 is 17.8 Å². The Morgan fingerprint density at radius 2 is 1.50 bits per heavy atom. The highest BCUT2D eigenvalue weighted by Gasteiger charge is 2.16. The first-order valence-electron chi connectivity index (χ1n) is 5.48. The minimum absolute atomic E-state index is 0.0795. The summed E-state index contributed by atoms with van der Waals surface area (Å²) in [5.74, 6) is 0.164. The lowest BCUT2D eigenvalue weighted by atomic mass is 10.4. The largest absolute Gasteiger partial charge is 0.756 e. The molecule has 0 aromatic carbocycles. The van der Waals surface area contributed by atoms with E-state index in [0.717, 1.165) is 0 Å². The molecule has 0 spiro atoms. The van der Waals surface area contributed by atoms with E-state index in [9.17, 15) is 10.4 Å². The van der Waals surface area contributed by atoms with Gasteiger partial charge in [-0.1, -0.05) is 0 Å². The first-order chi connectivity index (χ1) is 8.58. The fraction of sp³-hybridized carbons (Fsp3) is 0.667. The molecule has 0 bridgehead atoms. The van der Waals surface area contributed by atoms with Gasteiger partial charge in [0.25, 0.3) is 0 Å². The second-order valence-corrected chi connectivity index (χ2v) is 3.83.